The van der Waals surface area contributed by atoms with Crippen LogP contribution in [0.2, 0.25) is 0 Å². The van der Waals surface area contributed by atoms with Crippen LogP contribution in [0.25, 0.3) is 0 Å². The second kappa shape index (κ2) is 8.76. The highest BCUT2D eigenvalue weighted by molar-refractivity contribution is 5.76. The molecule has 154 valence electrons. The molecule has 2 aromatic rings. The number of hydrogen-bond donors (Lipinski definition) is 1. The Kier molecular flexibility index (Phi) is 5.92. The monoisotopic (exact) mass is 398 g/mol. The molecule has 2 heterocycles. The average Bonchev–Trinajstić information content (AvgIpc) is 3.52. The predicted octanol–water partition coefficient (Wildman–Crippen LogP) is 2.72. The fourth-order valence-electron chi connectivity index (χ4n) is 3.93. The molecule has 1 amide bonds. The summed E-state index contributed by atoms with van der Waals surface area (Å²) in [6, 6.07) is 7.93. The van der Waals surface area contributed by atoms with Crippen molar-refractivity contribution in [2.75, 3.05) is 18.0 Å². The molecule has 7 heteroatoms. The van der Waals surface area contributed by atoms with Crippen LogP contribution in [-0.4, -0.2) is 28.8 Å². The lowest BCUT2D eigenvalue weighted by atomic mass is 9.94. The lowest BCUT2D eigenvalue weighted by molar-refractivity contribution is -0.122. The molecule has 1 saturated heterocycles. The molecule has 4 rings (SSSR count). The van der Waals surface area contributed by atoms with Gasteiger partial charge < -0.3 is 10.2 Å². The van der Waals surface area contributed by atoms with Crippen LogP contribution in [0.5, 0.6) is 0 Å². The first-order chi connectivity index (χ1) is 14.1. The fourth-order valence-corrected chi connectivity index (χ4v) is 3.93. The smallest absolute Gasteiger partial charge is 0.268 e. The number of rotatable bonds is 7. The number of amides is 1. The van der Waals surface area contributed by atoms with E-state index in [1.807, 2.05) is 0 Å². The van der Waals surface area contributed by atoms with Gasteiger partial charge in [0.1, 0.15) is 5.82 Å². The van der Waals surface area contributed by atoms with Crippen molar-refractivity contribution in [1.29, 1.82) is 0 Å². The Morgan fingerprint density at radius 1 is 1.21 bits per heavy atom. The minimum Gasteiger partial charge on any atom is -0.370 e. The summed E-state index contributed by atoms with van der Waals surface area (Å²) in [4.78, 5) is 26.8. The number of benzene rings is 1. The molecule has 0 spiro atoms. The van der Waals surface area contributed by atoms with Crippen molar-refractivity contribution in [2.24, 2.45) is 11.8 Å². The highest BCUT2D eigenvalue weighted by atomic mass is 19.1. The third-order valence-electron chi connectivity index (χ3n) is 5.72. The van der Waals surface area contributed by atoms with Crippen molar-refractivity contribution in [1.82, 2.24) is 15.1 Å². The van der Waals surface area contributed by atoms with Crippen molar-refractivity contribution >= 4 is 11.6 Å². The minimum atomic E-state index is -0.299. The van der Waals surface area contributed by atoms with Gasteiger partial charge >= 0.3 is 0 Å². The number of nitrogens with zero attached hydrogens (tertiary/aromatic N) is 3. The number of hydrogen-bond acceptors (Lipinski definition) is 4. The molecule has 29 heavy (non-hydrogen) atoms. The summed E-state index contributed by atoms with van der Waals surface area (Å²) in [5.74, 6) is 0.507. The van der Waals surface area contributed by atoms with Crippen LogP contribution in [0.15, 0.2) is 41.3 Å². The number of anilines is 1. The van der Waals surface area contributed by atoms with Crippen molar-refractivity contribution < 1.29 is 9.18 Å². The van der Waals surface area contributed by atoms with Gasteiger partial charge in [-0.15, -0.1) is 0 Å². The third kappa shape index (κ3) is 5.43. The summed E-state index contributed by atoms with van der Waals surface area (Å²) in [7, 11) is 0. The first-order valence-electron chi connectivity index (χ1n) is 10.4. The predicted molar refractivity (Wildman–Crippen MR) is 109 cm³/mol. The van der Waals surface area contributed by atoms with Crippen LogP contribution in [0.3, 0.4) is 0 Å². The number of aromatic nitrogens is 2. The summed E-state index contributed by atoms with van der Waals surface area (Å²) in [5, 5.41) is 7.22. The Morgan fingerprint density at radius 2 is 2.07 bits per heavy atom. The normalized spacial score (nSPS) is 19.2. The molecular weight excluding hydrogens is 371 g/mol. The molecule has 0 bridgehead atoms. The minimum absolute atomic E-state index is 0.0286. The van der Waals surface area contributed by atoms with E-state index < -0.39 is 0 Å². The maximum atomic E-state index is 13.2. The summed E-state index contributed by atoms with van der Waals surface area (Å²) in [6.07, 6.45) is 6.53. The largest absolute Gasteiger partial charge is 0.370 e. The molecule has 0 radical (unpaired) electrons. The molecule has 2 fully saturated rings. The molecule has 1 N–H and O–H groups in total. The molecule has 6 nitrogen and oxygen atoms in total. The lowest BCUT2D eigenvalue weighted by Crippen LogP contribution is -2.38. The van der Waals surface area contributed by atoms with Crippen molar-refractivity contribution in [3.8, 4) is 0 Å². The Bertz CT molecular complexity index is 925. The Balaban J connectivity index is 1.30. The molecule has 1 aromatic heterocycles. The Morgan fingerprint density at radius 3 is 2.83 bits per heavy atom. The maximum Gasteiger partial charge on any atom is 0.268 e. The SMILES string of the molecule is O=C(CC1CCCN(c2cnn(CC3CC3)c(=O)c2)C1)NCc1cccc(F)c1. The summed E-state index contributed by atoms with van der Waals surface area (Å²) in [5.41, 5.74) is 1.54. The zero-order chi connectivity index (χ0) is 20.2. The lowest BCUT2D eigenvalue weighted by Gasteiger charge is -2.34. The van der Waals surface area contributed by atoms with Crippen LogP contribution in [0, 0.1) is 17.7 Å². The van der Waals surface area contributed by atoms with Crippen LogP contribution >= 0.6 is 0 Å². The second-order valence-electron chi connectivity index (χ2n) is 8.24. The van der Waals surface area contributed by atoms with E-state index >= 15 is 0 Å². The van der Waals surface area contributed by atoms with Gasteiger partial charge in [-0.25, -0.2) is 9.07 Å². The Hall–Kier alpha value is -2.70. The topological polar surface area (TPSA) is 67.2 Å². The van der Waals surface area contributed by atoms with Crippen molar-refractivity contribution in [3.05, 3.63) is 58.3 Å². The summed E-state index contributed by atoms with van der Waals surface area (Å²) >= 11 is 0. The second-order valence-corrected chi connectivity index (χ2v) is 8.24. The third-order valence-corrected chi connectivity index (χ3v) is 5.72. The van der Waals surface area contributed by atoms with Crippen LogP contribution in [0.4, 0.5) is 10.1 Å². The van der Waals surface area contributed by atoms with E-state index in [2.05, 4.69) is 15.3 Å². The number of carbonyl (C=O) groups excluding carboxylic acids is 1. The molecule has 1 unspecified atom stereocenters. The number of halogens is 1. The molecule has 1 saturated carbocycles. The van der Waals surface area contributed by atoms with Gasteiger partial charge in [-0.3, -0.25) is 9.59 Å². The average molecular weight is 398 g/mol. The first-order valence-corrected chi connectivity index (χ1v) is 10.4. The van der Waals surface area contributed by atoms with Crippen molar-refractivity contribution in [2.45, 2.75) is 45.2 Å². The van der Waals surface area contributed by atoms with E-state index in [9.17, 15) is 14.0 Å². The van der Waals surface area contributed by atoms with Gasteiger partial charge in [-0.2, -0.15) is 5.10 Å². The van der Waals surface area contributed by atoms with Crippen molar-refractivity contribution in [3.63, 3.8) is 0 Å². The molecule has 2 aliphatic rings. The van der Waals surface area contributed by atoms with E-state index in [0.717, 1.165) is 37.2 Å². The van der Waals surface area contributed by atoms with Crippen LogP contribution < -0.4 is 15.8 Å². The molecule has 1 aliphatic heterocycles. The summed E-state index contributed by atoms with van der Waals surface area (Å²) < 4.78 is 14.8. The highest BCUT2D eigenvalue weighted by Gasteiger charge is 2.25. The van der Waals surface area contributed by atoms with Gasteiger partial charge in [0.25, 0.3) is 5.56 Å². The van der Waals surface area contributed by atoms with E-state index in [1.54, 1.807) is 29.1 Å². The highest BCUT2D eigenvalue weighted by Crippen LogP contribution is 2.30. The standard InChI is InChI=1S/C22H27FN4O2/c23-19-5-1-3-17(9-19)12-24-21(28)10-18-4-2-8-26(14-18)20-11-22(29)27(25-13-20)15-16-6-7-16/h1,3,5,9,11,13,16,18H,2,4,6-8,10,12,14-15H2,(H,24,28). The summed E-state index contributed by atoms with van der Waals surface area (Å²) in [6.45, 7) is 2.65. The Labute approximate surface area is 169 Å². The van der Waals surface area contributed by atoms with E-state index in [4.69, 9.17) is 0 Å². The quantitative estimate of drug-likeness (QED) is 0.779. The number of nitrogens with one attached hydrogen (secondary N) is 1. The van der Waals surface area contributed by atoms with E-state index in [1.165, 1.54) is 25.0 Å². The first kappa shape index (κ1) is 19.6. The molecule has 1 atom stereocenters. The molecule has 1 aliphatic carbocycles. The maximum absolute atomic E-state index is 13.2. The van der Waals surface area contributed by atoms with Gasteiger partial charge in [0, 0.05) is 38.7 Å². The zero-order valence-electron chi connectivity index (χ0n) is 16.5. The molecular formula is C22H27FN4O2. The van der Waals surface area contributed by atoms with E-state index in [-0.39, 0.29) is 23.2 Å². The van der Waals surface area contributed by atoms with Gasteiger partial charge in [-0.05, 0) is 55.2 Å². The fraction of sp³-hybridized carbons (Fsp3) is 0.500. The number of carbonyl (C=O) groups is 1. The van der Waals surface area contributed by atoms with Gasteiger partial charge in [-0.1, -0.05) is 12.1 Å². The van der Waals surface area contributed by atoms with Crippen LogP contribution in [-0.2, 0) is 17.9 Å². The van der Waals surface area contributed by atoms with Crippen LogP contribution in [0.1, 0.15) is 37.7 Å². The van der Waals surface area contributed by atoms with Gasteiger partial charge in [0.2, 0.25) is 5.91 Å². The van der Waals surface area contributed by atoms with Gasteiger partial charge in [0.05, 0.1) is 11.9 Å². The molecule has 1 aromatic carbocycles. The zero-order valence-corrected chi connectivity index (χ0v) is 16.5. The van der Waals surface area contributed by atoms with Gasteiger partial charge in [0.15, 0.2) is 0 Å². The van der Waals surface area contributed by atoms with E-state index in [0.29, 0.717) is 25.4 Å². The number of piperidine rings is 1.